The van der Waals surface area contributed by atoms with E-state index in [1.807, 2.05) is 0 Å². The summed E-state index contributed by atoms with van der Waals surface area (Å²) >= 11 is 0. The summed E-state index contributed by atoms with van der Waals surface area (Å²) in [6.45, 7) is 0.482. The SMILES string of the molecule is OC[C@H]1O[CH][C@H](OF)[C@@H]1OF. The van der Waals surface area contributed by atoms with Crippen LogP contribution in [0.25, 0.3) is 0 Å². The molecule has 0 bridgehead atoms. The smallest absolute Gasteiger partial charge is 0.159 e. The second kappa shape index (κ2) is 3.91. The largest absolute Gasteiger partial charge is 0.394 e. The minimum atomic E-state index is -1.23. The quantitative estimate of drug-likeness (QED) is 0.649. The van der Waals surface area contributed by atoms with Gasteiger partial charge < -0.3 is 9.84 Å². The predicted molar refractivity (Wildman–Crippen MR) is 28.2 cm³/mol. The number of halogens is 2. The van der Waals surface area contributed by atoms with E-state index in [-0.39, 0.29) is 0 Å². The summed E-state index contributed by atoms with van der Waals surface area (Å²) in [6, 6.07) is 0. The molecule has 0 aromatic carbocycles. The van der Waals surface area contributed by atoms with Crippen LogP contribution in [0.1, 0.15) is 0 Å². The second-order valence-electron chi connectivity index (χ2n) is 2.10. The van der Waals surface area contributed by atoms with Crippen LogP contribution < -0.4 is 0 Å². The second-order valence-corrected chi connectivity index (χ2v) is 2.10. The fourth-order valence-corrected chi connectivity index (χ4v) is 0.871. The molecule has 6 heteroatoms. The molecule has 0 aromatic rings. The molecule has 1 N–H and O–H groups in total. The maximum Gasteiger partial charge on any atom is 0.159 e. The summed E-state index contributed by atoms with van der Waals surface area (Å²) < 4.78 is 27.7. The molecule has 0 unspecified atom stereocenters. The average Bonchev–Trinajstić information content (AvgIpc) is 2.45. The molecular formula is C5H7F2O4. The molecule has 0 aromatic heterocycles. The molecule has 1 aliphatic rings. The summed E-state index contributed by atoms with van der Waals surface area (Å²) in [6.07, 6.45) is -3.34. The molecule has 1 aliphatic heterocycles. The Morgan fingerprint density at radius 3 is 2.64 bits per heavy atom. The molecule has 1 heterocycles. The van der Waals surface area contributed by atoms with Crippen LogP contribution in [-0.4, -0.2) is 30.0 Å². The monoisotopic (exact) mass is 169 g/mol. The van der Waals surface area contributed by atoms with Crippen LogP contribution in [0.2, 0.25) is 0 Å². The van der Waals surface area contributed by atoms with E-state index in [1.54, 1.807) is 0 Å². The highest BCUT2D eigenvalue weighted by Gasteiger charge is 2.41. The zero-order valence-corrected chi connectivity index (χ0v) is 5.44. The number of aliphatic hydroxyl groups excluding tert-OH is 1. The van der Waals surface area contributed by atoms with Crippen LogP contribution >= 0.6 is 0 Å². The van der Waals surface area contributed by atoms with Gasteiger partial charge in [-0.05, 0) is 9.05 Å². The first-order valence-corrected chi connectivity index (χ1v) is 2.98. The number of rotatable bonds is 3. The van der Waals surface area contributed by atoms with Gasteiger partial charge in [-0.3, -0.25) is 0 Å². The van der Waals surface area contributed by atoms with Crippen molar-refractivity contribution in [2.75, 3.05) is 6.61 Å². The molecule has 11 heavy (non-hydrogen) atoms. The minimum absolute atomic E-state index is 0.453. The van der Waals surface area contributed by atoms with E-state index in [9.17, 15) is 9.05 Å². The van der Waals surface area contributed by atoms with Gasteiger partial charge in [-0.2, -0.15) is 9.88 Å². The van der Waals surface area contributed by atoms with Gasteiger partial charge in [-0.25, -0.2) is 0 Å². The van der Waals surface area contributed by atoms with Crippen LogP contribution in [-0.2, 0) is 14.6 Å². The number of aliphatic hydroxyl groups is 1. The highest BCUT2D eigenvalue weighted by atomic mass is 19.3. The van der Waals surface area contributed by atoms with Crippen molar-refractivity contribution >= 4 is 0 Å². The lowest BCUT2D eigenvalue weighted by molar-refractivity contribution is -0.259. The first-order valence-electron chi connectivity index (χ1n) is 2.98. The van der Waals surface area contributed by atoms with Crippen molar-refractivity contribution in [3.8, 4) is 0 Å². The zero-order chi connectivity index (χ0) is 8.27. The Bertz CT molecular complexity index is 111. The van der Waals surface area contributed by atoms with E-state index >= 15 is 0 Å². The van der Waals surface area contributed by atoms with E-state index < -0.39 is 24.9 Å². The molecular weight excluding hydrogens is 162 g/mol. The Kier molecular flexibility index (Phi) is 3.13. The van der Waals surface area contributed by atoms with Crippen molar-refractivity contribution in [3.05, 3.63) is 6.61 Å². The molecule has 4 nitrogen and oxygen atoms in total. The molecule has 0 saturated carbocycles. The molecule has 3 atom stereocenters. The van der Waals surface area contributed by atoms with E-state index in [1.165, 1.54) is 0 Å². The minimum Gasteiger partial charge on any atom is -0.394 e. The molecule has 1 fully saturated rings. The average molecular weight is 169 g/mol. The normalized spacial score (nSPS) is 37.9. The van der Waals surface area contributed by atoms with Crippen molar-refractivity contribution in [2.24, 2.45) is 0 Å². The van der Waals surface area contributed by atoms with Gasteiger partial charge in [0, 0.05) is 0 Å². The third-order valence-electron chi connectivity index (χ3n) is 1.46. The lowest BCUT2D eigenvalue weighted by atomic mass is 10.2. The van der Waals surface area contributed by atoms with Crippen molar-refractivity contribution in [3.63, 3.8) is 0 Å². The van der Waals surface area contributed by atoms with E-state index in [0.717, 1.165) is 6.61 Å². The maximum atomic E-state index is 11.6. The van der Waals surface area contributed by atoms with Crippen molar-refractivity contribution in [2.45, 2.75) is 18.3 Å². The Hall–Kier alpha value is -0.300. The Labute approximate surface area is 61.5 Å². The van der Waals surface area contributed by atoms with Gasteiger partial charge in [0.25, 0.3) is 0 Å². The van der Waals surface area contributed by atoms with Gasteiger partial charge in [-0.1, -0.05) is 0 Å². The summed E-state index contributed by atoms with van der Waals surface area (Å²) in [5, 5.41) is 8.51. The standard InChI is InChI=1S/C5H7F2O4/c6-10-4-2-9-3(1-8)5(4)11-7/h2-5,8H,1H2/t3-,4+,5-/m1/s1. The molecule has 1 radical (unpaired) electrons. The Morgan fingerprint density at radius 2 is 2.18 bits per heavy atom. The Balaban J connectivity index is 2.48. The topological polar surface area (TPSA) is 47.9 Å². The first kappa shape index (κ1) is 8.79. The molecule has 65 valence electrons. The number of hydrogen-bond acceptors (Lipinski definition) is 4. The van der Waals surface area contributed by atoms with Gasteiger partial charge >= 0.3 is 0 Å². The van der Waals surface area contributed by atoms with Crippen LogP contribution in [0.3, 0.4) is 0 Å². The van der Waals surface area contributed by atoms with Crippen molar-refractivity contribution < 1.29 is 28.8 Å². The zero-order valence-electron chi connectivity index (χ0n) is 5.44. The van der Waals surface area contributed by atoms with Gasteiger partial charge in [-0.15, -0.1) is 0 Å². The van der Waals surface area contributed by atoms with Crippen LogP contribution in [0.15, 0.2) is 0 Å². The Morgan fingerprint density at radius 1 is 1.45 bits per heavy atom. The molecule has 0 aliphatic carbocycles. The predicted octanol–water partition coefficient (Wildman–Crippen LogP) is 0.0787. The highest BCUT2D eigenvalue weighted by molar-refractivity contribution is 4.90. The number of ether oxygens (including phenoxy) is 1. The molecule has 1 saturated heterocycles. The van der Waals surface area contributed by atoms with E-state index in [2.05, 4.69) is 14.6 Å². The van der Waals surface area contributed by atoms with Gasteiger partial charge in [0.1, 0.15) is 12.7 Å². The maximum absolute atomic E-state index is 11.6. The first-order chi connectivity index (χ1) is 5.33. The van der Waals surface area contributed by atoms with Gasteiger partial charge in [0.15, 0.2) is 12.2 Å². The summed E-state index contributed by atoms with van der Waals surface area (Å²) in [5.74, 6) is 0. The summed E-state index contributed by atoms with van der Waals surface area (Å²) in [5.41, 5.74) is 0. The van der Waals surface area contributed by atoms with Crippen LogP contribution in [0.4, 0.5) is 9.05 Å². The fraction of sp³-hybridized carbons (Fsp3) is 0.800. The van der Waals surface area contributed by atoms with E-state index in [4.69, 9.17) is 5.11 Å². The fourth-order valence-electron chi connectivity index (χ4n) is 0.871. The van der Waals surface area contributed by atoms with E-state index in [0.29, 0.717) is 0 Å². The third-order valence-corrected chi connectivity index (χ3v) is 1.46. The summed E-state index contributed by atoms with van der Waals surface area (Å²) in [7, 11) is 0. The molecule has 0 spiro atoms. The third kappa shape index (κ3) is 1.64. The van der Waals surface area contributed by atoms with Crippen LogP contribution in [0, 0.1) is 6.61 Å². The molecule has 0 amide bonds. The summed E-state index contributed by atoms with van der Waals surface area (Å²) in [4.78, 5) is 6.63. The highest BCUT2D eigenvalue weighted by Crippen LogP contribution is 2.23. The van der Waals surface area contributed by atoms with Gasteiger partial charge in [0.05, 0.1) is 6.61 Å². The van der Waals surface area contributed by atoms with Gasteiger partial charge in [0.2, 0.25) is 0 Å². The lowest BCUT2D eigenvalue weighted by Crippen LogP contribution is -2.33. The van der Waals surface area contributed by atoms with Crippen molar-refractivity contribution in [1.82, 2.24) is 0 Å². The molecule has 1 rings (SSSR count). The number of hydrogen-bond donors (Lipinski definition) is 1. The van der Waals surface area contributed by atoms with Crippen molar-refractivity contribution in [1.29, 1.82) is 0 Å². The lowest BCUT2D eigenvalue weighted by Gasteiger charge is -2.12. The van der Waals surface area contributed by atoms with Crippen LogP contribution in [0.5, 0.6) is 0 Å².